The Kier molecular flexibility index (Phi) is 4.34. The minimum absolute atomic E-state index is 0.0183. The lowest BCUT2D eigenvalue weighted by atomic mass is 10.3. The number of hydrogen-bond acceptors (Lipinski definition) is 3. The number of nitrogens with two attached hydrogens (primary N) is 1. The highest BCUT2D eigenvalue weighted by Gasteiger charge is 2.14. The summed E-state index contributed by atoms with van der Waals surface area (Å²) < 4.78 is 32.3. The number of benzene rings is 1. The van der Waals surface area contributed by atoms with Crippen LogP contribution in [0.15, 0.2) is 28.9 Å². The second-order valence-electron chi connectivity index (χ2n) is 3.64. The molecule has 1 aromatic carbocycles. The molecule has 0 radical (unpaired) electrons. The SMILES string of the molecule is NCc1cnc(Oc2cc(Br)cc(F)c2F)c(Cl)c1. The first-order chi connectivity index (χ1) is 9.01. The van der Waals surface area contributed by atoms with Crippen LogP contribution in [0.25, 0.3) is 0 Å². The number of nitrogens with zero attached hydrogens (tertiary/aromatic N) is 1. The van der Waals surface area contributed by atoms with E-state index in [2.05, 4.69) is 20.9 Å². The van der Waals surface area contributed by atoms with Gasteiger partial charge in [-0.2, -0.15) is 4.39 Å². The predicted molar refractivity (Wildman–Crippen MR) is 71.3 cm³/mol. The zero-order valence-electron chi connectivity index (χ0n) is 9.46. The number of aromatic nitrogens is 1. The Hall–Kier alpha value is -1.24. The highest BCUT2D eigenvalue weighted by atomic mass is 79.9. The predicted octanol–water partition coefficient (Wildman–Crippen LogP) is 4.03. The number of ether oxygens (including phenoxy) is 1. The van der Waals surface area contributed by atoms with Crippen molar-refractivity contribution in [1.82, 2.24) is 4.98 Å². The van der Waals surface area contributed by atoms with E-state index in [1.807, 2.05) is 0 Å². The molecular weight excluding hydrogens is 341 g/mol. The smallest absolute Gasteiger partial charge is 0.238 e. The van der Waals surface area contributed by atoms with Crippen molar-refractivity contribution in [2.75, 3.05) is 0 Å². The molecule has 0 saturated heterocycles. The maximum absolute atomic E-state index is 13.5. The van der Waals surface area contributed by atoms with E-state index in [4.69, 9.17) is 22.1 Å². The van der Waals surface area contributed by atoms with Crippen LogP contribution in [-0.4, -0.2) is 4.98 Å². The normalized spacial score (nSPS) is 10.6. The fourth-order valence-corrected chi connectivity index (χ4v) is 2.00. The monoisotopic (exact) mass is 348 g/mol. The zero-order valence-corrected chi connectivity index (χ0v) is 11.8. The van der Waals surface area contributed by atoms with Crippen molar-refractivity contribution in [3.63, 3.8) is 0 Å². The van der Waals surface area contributed by atoms with Crippen LogP contribution in [0.1, 0.15) is 5.56 Å². The summed E-state index contributed by atoms with van der Waals surface area (Å²) in [5.41, 5.74) is 6.14. The van der Waals surface area contributed by atoms with Gasteiger partial charge < -0.3 is 10.5 Å². The van der Waals surface area contributed by atoms with Crippen LogP contribution in [0.2, 0.25) is 5.02 Å². The highest BCUT2D eigenvalue weighted by molar-refractivity contribution is 9.10. The van der Waals surface area contributed by atoms with E-state index in [0.717, 1.165) is 6.07 Å². The minimum atomic E-state index is -1.11. The average Bonchev–Trinajstić information content (AvgIpc) is 2.37. The van der Waals surface area contributed by atoms with Gasteiger partial charge in [-0.3, -0.25) is 0 Å². The van der Waals surface area contributed by atoms with Gasteiger partial charge in [-0.05, 0) is 23.8 Å². The third kappa shape index (κ3) is 3.20. The van der Waals surface area contributed by atoms with Crippen LogP contribution >= 0.6 is 27.5 Å². The summed E-state index contributed by atoms with van der Waals surface area (Å²) in [6.45, 7) is 0.271. The largest absolute Gasteiger partial charge is 0.434 e. The average molecular weight is 350 g/mol. The Bertz CT molecular complexity index is 625. The van der Waals surface area contributed by atoms with Crippen molar-refractivity contribution in [3.8, 4) is 11.6 Å². The van der Waals surface area contributed by atoms with Crippen molar-refractivity contribution in [2.24, 2.45) is 5.73 Å². The molecule has 100 valence electrons. The second-order valence-corrected chi connectivity index (χ2v) is 4.96. The molecule has 0 saturated carbocycles. The molecule has 0 aliphatic carbocycles. The van der Waals surface area contributed by atoms with E-state index in [0.29, 0.717) is 10.0 Å². The minimum Gasteiger partial charge on any atom is -0.434 e. The topological polar surface area (TPSA) is 48.1 Å². The van der Waals surface area contributed by atoms with Crippen molar-refractivity contribution in [1.29, 1.82) is 0 Å². The lowest BCUT2D eigenvalue weighted by Crippen LogP contribution is -1.99. The van der Waals surface area contributed by atoms with E-state index in [1.165, 1.54) is 12.3 Å². The van der Waals surface area contributed by atoms with Crippen molar-refractivity contribution < 1.29 is 13.5 Å². The Morgan fingerprint density at radius 3 is 2.68 bits per heavy atom. The molecular formula is C12H8BrClF2N2O. The molecule has 0 aliphatic heterocycles. The maximum atomic E-state index is 13.5. The summed E-state index contributed by atoms with van der Waals surface area (Å²) in [7, 11) is 0. The van der Waals surface area contributed by atoms with E-state index in [1.54, 1.807) is 6.07 Å². The molecule has 1 aromatic heterocycles. The zero-order chi connectivity index (χ0) is 14.0. The van der Waals surface area contributed by atoms with Crippen LogP contribution < -0.4 is 10.5 Å². The summed E-state index contributed by atoms with van der Waals surface area (Å²) in [4.78, 5) is 3.91. The van der Waals surface area contributed by atoms with Gasteiger partial charge in [0.25, 0.3) is 0 Å². The first-order valence-electron chi connectivity index (χ1n) is 5.18. The fraction of sp³-hybridized carbons (Fsp3) is 0.0833. The Labute approximate surface area is 121 Å². The number of halogens is 4. The Balaban J connectivity index is 2.36. The third-order valence-corrected chi connectivity index (χ3v) is 2.99. The van der Waals surface area contributed by atoms with Gasteiger partial charge in [-0.1, -0.05) is 27.5 Å². The van der Waals surface area contributed by atoms with Gasteiger partial charge in [0.05, 0.1) is 0 Å². The standard InChI is InChI=1S/C12H8BrClF2N2O/c13-7-2-9(15)11(16)10(3-7)19-12-8(14)1-6(4-17)5-18-12/h1-3,5H,4,17H2. The first-order valence-corrected chi connectivity index (χ1v) is 6.35. The molecule has 19 heavy (non-hydrogen) atoms. The second kappa shape index (κ2) is 5.81. The van der Waals surface area contributed by atoms with Crippen LogP contribution in [0.5, 0.6) is 11.6 Å². The lowest BCUT2D eigenvalue weighted by Gasteiger charge is -2.09. The summed E-state index contributed by atoms with van der Waals surface area (Å²) in [6.07, 6.45) is 1.45. The van der Waals surface area contributed by atoms with Gasteiger partial charge in [0, 0.05) is 17.2 Å². The Morgan fingerprint density at radius 1 is 1.32 bits per heavy atom. The molecule has 1 heterocycles. The van der Waals surface area contributed by atoms with Crippen LogP contribution in [-0.2, 0) is 6.54 Å². The molecule has 0 aliphatic rings. The number of pyridine rings is 1. The van der Waals surface area contributed by atoms with E-state index >= 15 is 0 Å². The summed E-state index contributed by atoms with van der Waals surface area (Å²) in [5, 5.41) is 0.169. The molecule has 2 rings (SSSR count). The lowest BCUT2D eigenvalue weighted by molar-refractivity contribution is 0.405. The van der Waals surface area contributed by atoms with Gasteiger partial charge in [0.2, 0.25) is 11.7 Å². The van der Waals surface area contributed by atoms with Gasteiger partial charge >= 0.3 is 0 Å². The molecule has 2 N–H and O–H groups in total. The van der Waals surface area contributed by atoms with Gasteiger partial charge in [0.1, 0.15) is 5.02 Å². The number of rotatable bonds is 3. The van der Waals surface area contributed by atoms with Crippen molar-refractivity contribution in [3.05, 3.63) is 51.1 Å². The quantitative estimate of drug-likeness (QED) is 0.851. The molecule has 0 fully saturated rings. The third-order valence-electron chi connectivity index (χ3n) is 2.27. The van der Waals surface area contributed by atoms with Crippen LogP contribution in [0.4, 0.5) is 8.78 Å². The molecule has 2 aromatic rings. The van der Waals surface area contributed by atoms with Crippen molar-refractivity contribution in [2.45, 2.75) is 6.54 Å². The summed E-state index contributed by atoms with van der Waals surface area (Å²) in [5.74, 6) is -2.46. The molecule has 0 atom stereocenters. The molecule has 3 nitrogen and oxygen atoms in total. The Morgan fingerprint density at radius 2 is 2.05 bits per heavy atom. The maximum Gasteiger partial charge on any atom is 0.238 e. The summed E-state index contributed by atoms with van der Waals surface area (Å²) >= 11 is 8.96. The van der Waals surface area contributed by atoms with E-state index in [-0.39, 0.29) is 23.2 Å². The first kappa shape index (κ1) is 14.2. The molecule has 0 spiro atoms. The van der Waals surface area contributed by atoms with Gasteiger partial charge in [-0.15, -0.1) is 0 Å². The summed E-state index contributed by atoms with van der Waals surface area (Å²) in [6, 6.07) is 3.83. The number of hydrogen-bond donors (Lipinski definition) is 1. The molecule has 7 heteroatoms. The highest BCUT2D eigenvalue weighted by Crippen LogP contribution is 2.32. The molecule has 0 amide bonds. The fourth-order valence-electron chi connectivity index (χ4n) is 1.36. The van der Waals surface area contributed by atoms with Gasteiger partial charge in [0.15, 0.2) is 11.6 Å². The molecule has 0 bridgehead atoms. The van der Waals surface area contributed by atoms with Gasteiger partial charge in [-0.25, -0.2) is 9.37 Å². The van der Waals surface area contributed by atoms with E-state index < -0.39 is 11.6 Å². The van der Waals surface area contributed by atoms with Crippen LogP contribution in [0, 0.1) is 11.6 Å². The van der Waals surface area contributed by atoms with Crippen molar-refractivity contribution >= 4 is 27.5 Å². The van der Waals surface area contributed by atoms with Crippen LogP contribution in [0.3, 0.4) is 0 Å². The molecule has 0 unspecified atom stereocenters. The van der Waals surface area contributed by atoms with E-state index in [9.17, 15) is 8.78 Å².